The van der Waals surface area contributed by atoms with Gasteiger partial charge in [0, 0.05) is 25.2 Å². The number of aromatic nitrogens is 1. The van der Waals surface area contributed by atoms with Crippen molar-refractivity contribution in [3.63, 3.8) is 0 Å². The van der Waals surface area contributed by atoms with Crippen LogP contribution in [0.15, 0.2) is 65.3 Å². The van der Waals surface area contributed by atoms with E-state index in [4.69, 9.17) is 13.9 Å². The molecule has 4 aromatic rings. The molecule has 146 valence electrons. The summed E-state index contributed by atoms with van der Waals surface area (Å²) in [4.78, 5) is 13.0. The number of nitrogens with one attached hydrogen (secondary N) is 1. The van der Waals surface area contributed by atoms with E-state index in [9.17, 15) is 4.79 Å². The standard InChI is InChI=1S/C23H20N2O4/c1-15-2-4-16(5-3-15)13-25-18-8-9-27-21(18)11-19(25)23(26)24-12-17-6-7-20-22(10-17)29-14-28-20/h2-11H,12-14H2,1H3,(H,24,26). The van der Waals surface area contributed by atoms with Gasteiger partial charge >= 0.3 is 0 Å². The molecule has 2 aromatic heterocycles. The van der Waals surface area contributed by atoms with Gasteiger partial charge in [-0.1, -0.05) is 35.9 Å². The molecule has 0 aliphatic carbocycles. The number of fused-ring (bicyclic) bond motifs is 2. The van der Waals surface area contributed by atoms with Crippen molar-refractivity contribution in [2.75, 3.05) is 6.79 Å². The first-order valence-electron chi connectivity index (χ1n) is 9.46. The first-order chi connectivity index (χ1) is 14.2. The molecule has 6 nitrogen and oxygen atoms in total. The van der Waals surface area contributed by atoms with Gasteiger partial charge in [-0.15, -0.1) is 0 Å². The quantitative estimate of drug-likeness (QED) is 0.555. The van der Waals surface area contributed by atoms with Crippen molar-refractivity contribution in [2.45, 2.75) is 20.0 Å². The molecule has 2 aromatic carbocycles. The van der Waals surface area contributed by atoms with Crippen LogP contribution in [0.3, 0.4) is 0 Å². The lowest BCUT2D eigenvalue weighted by Crippen LogP contribution is -2.25. The molecule has 0 saturated carbocycles. The molecule has 0 fully saturated rings. The number of amides is 1. The fourth-order valence-corrected chi connectivity index (χ4v) is 3.54. The second-order valence-corrected chi connectivity index (χ2v) is 7.14. The number of ether oxygens (including phenoxy) is 2. The third-order valence-electron chi connectivity index (χ3n) is 5.11. The molecule has 5 rings (SSSR count). The second kappa shape index (κ2) is 7.05. The molecule has 0 bridgehead atoms. The molecule has 1 amide bonds. The van der Waals surface area contributed by atoms with E-state index >= 15 is 0 Å². The highest BCUT2D eigenvalue weighted by atomic mass is 16.7. The Balaban J connectivity index is 1.38. The van der Waals surface area contributed by atoms with Crippen molar-refractivity contribution in [3.05, 3.63) is 83.2 Å². The number of rotatable bonds is 5. The largest absolute Gasteiger partial charge is 0.463 e. The van der Waals surface area contributed by atoms with E-state index in [1.165, 1.54) is 5.56 Å². The van der Waals surface area contributed by atoms with Gasteiger partial charge in [0.15, 0.2) is 17.1 Å². The van der Waals surface area contributed by atoms with E-state index in [-0.39, 0.29) is 12.7 Å². The van der Waals surface area contributed by atoms with Crippen molar-refractivity contribution < 1.29 is 18.7 Å². The van der Waals surface area contributed by atoms with Crippen LogP contribution in [0.2, 0.25) is 0 Å². The normalized spacial score (nSPS) is 12.4. The van der Waals surface area contributed by atoms with Gasteiger partial charge in [-0.2, -0.15) is 0 Å². The molecule has 0 spiro atoms. The highest BCUT2D eigenvalue weighted by Gasteiger charge is 2.18. The molecule has 0 unspecified atom stereocenters. The summed E-state index contributed by atoms with van der Waals surface area (Å²) >= 11 is 0. The van der Waals surface area contributed by atoms with Crippen LogP contribution in [-0.2, 0) is 13.1 Å². The molecule has 1 N–H and O–H groups in total. The zero-order valence-electron chi connectivity index (χ0n) is 16.0. The average molecular weight is 388 g/mol. The average Bonchev–Trinajstić information content (AvgIpc) is 3.44. The molecule has 0 radical (unpaired) electrons. The Kier molecular flexibility index (Phi) is 4.24. The van der Waals surface area contributed by atoms with E-state index in [1.54, 1.807) is 12.3 Å². The summed E-state index contributed by atoms with van der Waals surface area (Å²) in [6.07, 6.45) is 1.64. The molecule has 1 aliphatic rings. The Morgan fingerprint density at radius 3 is 2.66 bits per heavy atom. The zero-order chi connectivity index (χ0) is 19.8. The molecule has 3 heterocycles. The van der Waals surface area contributed by atoms with Gasteiger partial charge in [-0.25, -0.2) is 0 Å². The van der Waals surface area contributed by atoms with Gasteiger partial charge in [0.05, 0.1) is 11.8 Å². The van der Waals surface area contributed by atoms with E-state index in [0.717, 1.165) is 22.4 Å². The maximum Gasteiger partial charge on any atom is 0.268 e. The monoisotopic (exact) mass is 388 g/mol. The van der Waals surface area contributed by atoms with E-state index in [2.05, 4.69) is 36.5 Å². The molecule has 0 atom stereocenters. The number of furan rings is 1. The third kappa shape index (κ3) is 3.33. The van der Waals surface area contributed by atoms with E-state index in [0.29, 0.717) is 30.1 Å². The van der Waals surface area contributed by atoms with Gasteiger partial charge in [0.25, 0.3) is 5.91 Å². The smallest absolute Gasteiger partial charge is 0.268 e. The van der Waals surface area contributed by atoms with Crippen LogP contribution < -0.4 is 14.8 Å². The minimum Gasteiger partial charge on any atom is -0.463 e. The fraction of sp³-hybridized carbons (Fsp3) is 0.174. The fourth-order valence-electron chi connectivity index (χ4n) is 3.54. The van der Waals surface area contributed by atoms with Crippen molar-refractivity contribution in [2.24, 2.45) is 0 Å². The first kappa shape index (κ1) is 17.4. The summed E-state index contributed by atoms with van der Waals surface area (Å²) in [5, 5.41) is 2.99. The van der Waals surface area contributed by atoms with Gasteiger partial charge in [0.1, 0.15) is 5.69 Å². The number of nitrogens with zero attached hydrogens (tertiary/aromatic N) is 1. The summed E-state index contributed by atoms with van der Waals surface area (Å²) < 4.78 is 18.2. The number of benzene rings is 2. The summed E-state index contributed by atoms with van der Waals surface area (Å²) in [5.41, 5.74) is 5.45. The minimum atomic E-state index is -0.152. The summed E-state index contributed by atoms with van der Waals surface area (Å²) in [6.45, 7) is 3.28. The lowest BCUT2D eigenvalue weighted by Gasteiger charge is -2.11. The number of carbonyl (C=O) groups is 1. The maximum atomic E-state index is 13.0. The summed E-state index contributed by atoms with van der Waals surface area (Å²) in [5.74, 6) is 1.28. The van der Waals surface area contributed by atoms with E-state index < -0.39 is 0 Å². The van der Waals surface area contributed by atoms with Crippen LogP contribution in [0.5, 0.6) is 11.5 Å². The molecule has 1 aliphatic heterocycles. The van der Waals surface area contributed by atoms with Gasteiger partial charge < -0.3 is 23.8 Å². The molecular formula is C23H20N2O4. The highest BCUT2D eigenvalue weighted by Crippen LogP contribution is 2.32. The number of hydrogen-bond acceptors (Lipinski definition) is 4. The molecule has 0 saturated heterocycles. The van der Waals surface area contributed by atoms with Crippen LogP contribution in [0.1, 0.15) is 27.2 Å². The SMILES string of the molecule is Cc1ccc(Cn2c(C(=O)NCc3ccc4c(c3)OCO4)cc3occc32)cc1. The number of carbonyl (C=O) groups excluding carboxylic acids is 1. The maximum absolute atomic E-state index is 13.0. The Labute approximate surface area is 167 Å². The lowest BCUT2D eigenvalue weighted by molar-refractivity contribution is 0.0942. The third-order valence-corrected chi connectivity index (χ3v) is 5.11. The van der Waals surface area contributed by atoms with Crippen LogP contribution >= 0.6 is 0 Å². The van der Waals surface area contributed by atoms with Gasteiger partial charge in [0.2, 0.25) is 6.79 Å². The number of hydrogen-bond donors (Lipinski definition) is 1. The Hall–Kier alpha value is -3.67. The molecule has 29 heavy (non-hydrogen) atoms. The van der Waals surface area contributed by atoms with Gasteiger partial charge in [-0.05, 0) is 30.2 Å². The Bertz CT molecular complexity index is 1190. The van der Waals surface area contributed by atoms with Crippen LogP contribution in [-0.4, -0.2) is 17.3 Å². The Morgan fingerprint density at radius 1 is 1.00 bits per heavy atom. The van der Waals surface area contributed by atoms with E-state index in [1.807, 2.05) is 28.8 Å². The zero-order valence-corrected chi connectivity index (χ0v) is 16.0. The summed E-state index contributed by atoms with van der Waals surface area (Å²) in [7, 11) is 0. The van der Waals surface area contributed by atoms with Crippen LogP contribution in [0, 0.1) is 6.92 Å². The second-order valence-electron chi connectivity index (χ2n) is 7.14. The van der Waals surface area contributed by atoms with Crippen LogP contribution in [0.25, 0.3) is 11.1 Å². The number of aryl methyl sites for hydroxylation is 1. The predicted octanol–water partition coefficient (Wildman–Crippen LogP) is 4.25. The van der Waals surface area contributed by atoms with Crippen molar-refractivity contribution in [3.8, 4) is 11.5 Å². The van der Waals surface area contributed by atoms with Crippen molar-refractivity contribution in [1.29, 1.82) is 0 Å². The topological polar surface area (TPSA) is 65.6 Å². The minimum absolute atomic E-state index is 0.152. The van der Waals surface area contributed by atoms with Gasteiger partial charge in [-0.3, -0.25) is 4.79 Å². The predicted molar refractivity (Wildman–Crippen MR) is 108 cm³/mol. The highest BCUT2D eigenvalue weighted by molar-refractivity contribution is 5.97. The first-order valence-corrected chi connectivity index (χ1v) is 9.46. The van der Waals surface area contributed by atoms with Crippen molar-refractivity contribution in [1.82, 2.24) is 9.88 Å². The van der Waals surface area contributed by atoms with Crippen LogP contribution in [0.4, 0.5) is 0 Å². The summed E-state index contributed by atoms with van der Waals surface area (Å²) in [6, 6.07) is 17.7. The van der Waals surface area contributed by atoms with Crippen molar-refractivity contribution >= 4 is 17.0 Å². The lowest BCUT2D eigenvalue weighted by atomic mass is 10.1. The Morgan fingerprint density at radius 2 is 1.79 bits per heavy atom. The molecular weight excluding hydrogens is 368 g/mol. The molecule has 6 heteroatoms.